The smallest absolute Gasteiger partial charge is 0.254 e. The Morgan fingerprint density at radius 3 is 3.06 bits per heavy atom. The zero-order valence-electron chi connectivity index (χ0n) is 9.48. The SMILES string of the molecule is COc1cc(Cl)cc(C=NNC(=O)CC#N)c1O. The number of carbonyl (C=O) groups is 1. The van der Waals surface area contributed by atoms with Gasteiger partial charge in [-0.3, -0.25) is 4.79 Å². The van der Waals surface area contributed by atoms with E-state index in [1.807, 2.05) is 0 Å². The van der Waals surface area contributed by atoms with E-state index in [1.165, 1.54) is 25.5 Å². The van der Waals surface area contributed by atoms with Crippen LogP contribution in [0.5, 0.6) is 11.5 Å². The minimum Gasteiger partial charge on any atom is -0.504 e. The van der Waals surface area contributed by atoms with E-state index < -0.39 is 5.91 Å². The van der Waals surface area contributed by atoms with E-state index in [0.29, 0.717) is 5.02 Å². The van der Waals surface area contributed by atoms with Crippen LogP contribution in [0.3, 0.4) is 0 Å². The maximum Gasteiger partial charge on any atom is 0.254 e. The first kappa shape index (κ1) is 13.8. The fraction of sp³-hybridized carbons (Fsp3) is 0.182. The van der Waals surface area contributed by atoms with Gasteiger partial charge < -0.3 is 9.84 Å². The van der Waals surface area contributed by atoms with Crippen molar-refractivity contribution < 1.29 is 14.6 Å². The van der Waals surface area contributed by atoms with Crippen molar-refractivity contribution in [3.8, 4) is 17.6 Å². The highest BCUT2D eigenvalue weighted by molar-refractivity contribution is 6.31. The van der Waals surface area contributed by atoms with Crippen molar-refractivity contribution >= 4 is 23.7 Å². The van der Waals surface area contributed by atoms with E-state index in [0.717, 1.165) is 0 Å². The van der Waals surface area contributed by atoms with Gasteiger partial charge in [0.05, 0.1) is 19.4 Å². The molecule has 0 aliphatic carbocycles. The number of aromatic hydroxyl groups is 1. The molecular formula is C11H10ClN3O3. The van der Waals surface area contributed by atoms with E-state index in [-0.39, 0.29) is 23.5 Å². The molecule has 0 aliphatic rings. The van der Waals surface area contributed by atoms with Crippen LogP contribution < -0.4 is 10.2 Å². The third kappa shape index (κ3) is 3.64. The van der Waals surface area contributed by atoms with Crippen LogP contribution in [0.2, 0.25) is 5.02 Å². The van der Waals surface area contributed by atoms with E-state index >= 15 is 0 Å². The lowest BCUT2D eigenvalue weighted by molar-refractivity contribution is -0.120. The normalized spacial score (nSPS) is 10.1. The van der Waals surface area contributed by atoms with E-state index in [2.05, 4.69) is 10.5 Å². The summed E-state index contributed by atoms with van der Waals surface area (Å²) < 4.78 is 4.91. The summed E-state index contributed by atoms with van der Waals surface area (Å²) in [5.41, 5.74) is 2.42. The molecule has 94 valence electrons. The molecule has 1 aromatic carbocycles. The summed E-state index contributed by atoms with van der Waals surface area (Å²) >= 11 is 5.81. The van der Waals surface area contributed by atoms with Gasteiger partial charge in [0, 0.05) is 16.7 Å². The van der Waals surface area contributed by atoms with E-state index in [4.69, 9.17) is 21.6 Å². The molecule has 1 rings (SSSR count). The van der Waals surface area contributed by atoms with Gasteiger partial charge in [-0.2, -0.15) is 10.4 Å². The van der Waals surface area contributed by atoms with Gasteiger partial charge in [-0.05, 0) is 6.07 Å². The number of amides is 1. The lowest BCUT2D eigenvalue weighted by atomic mass is 10.2. The molecule has 1 aromatic rings. The van der Waals surface area contributed by atoms with Crippen molar-refractivity contribution in [3.63, 3.8) is 0 Å². The monoisotopic (exact) mass is 267 g/mol. The number of hydrogen-bond donors (Lipinski definition) is 2. The highest BCUT2D eigenvalue weighted by Gasteiger charge is 2.08. The number of nitrogens with zero attached hydrogens (tertiary/aromatic N) is 2. The van der Waals surface area contributed by atoms with Gasteiger partial charge in [0.25, 0.3) is 5.91 Å². The minimum absolute atomic E-state index is 0.139. The van der Waals surface area contributed by atoms with Crippen molar-refractivity contribution in [3.05, 3.63) is 22.7 Å². The van der Waals surface area contributed by atoms with Crippen LogP contribution in [0.25, 0.3) is 0 Å². The summed E-state index contributed by atoms with van der Waals surface area (Å²) in [5, 5.41) is 22.0. The van der Waals surface area contributed by atoms with Crippen LogP contribution in [0.1, 0.15) is 12.0 Å². The van der Waals surface area contributed by atoms with Crippen LogP contribution in [-0.2, 0) is 4.79 Å². The van der Waals surface area contributed by atoms with Crippen LogP contribution in [0.15, 0.2) is 17.2 Å². The molecule has 0 aromatic heterocycles. The second kappa shape index (κ2) is 6.47. The largest absolute Gasteiger partial charge is 0.504 e. The molecule has 0 unspecified atom stereocenters. The number of ether oxygens (including phenoxy) is 1. The average Bonchev–Trinajstić information content (AvgIpc) is 2.33. The number of methoxy groups -OCH3 is 1. The fourth-order valence-electron chi connectivity index (χ4n) is 1.13. The zero-order valence-corrected chi connectivity index (χ0v) is 10.2. The summed E-state index contributed by atoms with van der Waals surface area (Å²) in [7, 11) is 1.39. The van der Waals surface area contributed by atoms with Crippen molar-refractivity contribution in [2.45, 2.75) is 6.42 Å². The van der Waals surface area contributed by atoms with Gasteiger partial charge >= 0.3 is 0 Å². The minimum atomic E-state index is -0.540. The van der Waals surface area contributed by atoms with Gasteiger partial charge in [0.15, 0.2) is 11.5 Å². The number of halogens is 1. The maximum absolute atomic E-state index is 10.9. The van der Waals surface area contributed by atoms with Gasteiger partial charge in [0.2, 0.25) is 0 Å². The van der Waals surface area contributed by atoms with Crippen LogP contribution in [0.4, 0.5) is 0 Å². The quantitative estimate of drug-likeness (QED) is 0.637. The third-order valence-electron chi connectivity index (χ3n) is 1.92. The molecule has 0 fully saturated rings. The van der Waals surface area contributed by atoms with Crippen LogP contribution in [0, 0.1) is 11.3 Å². The van der Waals surface area contributed by atoms with Crippen LogP contribution in [-0.4, -0.2) is 24.3 Å². The molecule has 6 nitrogen and oxygen atoms in total. The first-order valence-electron chi connectivity index (χ1n) is 4.83. The molecule has 0 radical (unpaired) electrons. The Hall–Kier alpha value is -2.26. The third-order valence-corrected chi connectivity index (χ3v) is 2.14. The molecular weight excluding hydrogens is 258 g/mol. The molecule has 0 aliphatic heterocycles. The second-order valence-electron chi connectivity index (χ2n) is 3.17. The molecule has 0 atom stereocenters. The van der Waals surface area contributed by atoms with Gasteiger partial charge in [-0.25, -0.2) is 5.43 Å². The number of benzene rings is 1. The number of phenols is 1. The molecule has 0 saturated heterocycles. The standard InChI is InChI=1S/C11H10ClN3O3/c1-18-9-5-8(12)4-7(11(9)17)6-14-15-10(16)2-3-13/h4-6,17H,2H2,1H3,(H,15,16). The zero-order chi connectivity index (χ0) is 13.5. The molecule has 2 N–H and O–H groups in total. The first-order valence-corrected chi connectivity index (χ1v) is 5.21. The van der Waals surface area contributed by atoms with Crippen molar-refractivity contribution in [1.82, 2.24) is 5.43 Å². The number of nitrogens with one attached hydrogen (secondary N) is 1. The Labute approximate surface area is 108 Å². The predicted molar refractivity (Wildman–Crippen MR) is 65.6 cm³/mol. The van der Waals surface area contributed by atoms with Crippen molar-refractivity contribution in [2.75, 3.05) is 7.11 Å². The number of nitriles is 1. The number of carbonyl (C=O) groups excluding carboxylic acids is 1. The van der Waals surface area contributed by atoms with Crippen LogP contribution >= 0.6 is 11.6 Å². The molecule has 0 saturated carbocycles. The second-order valence-corrected chi connectivity index (χ2v) is 3.61. The Balaban J connectivity index is 2.85. The van der Waals surface area contributed by atoms with Gasteiger partial charge in [-0.15, -0.1) is 0 Å². The van der Waals surface area contributed by atoms with Gasteiger partial charge in [-0.1, -0.05) is 11.6 Å². The Morgan fingerprint density at radius 1 is 1.72 bits per heavy atom. The lowest BCUT2D eigenvalue weighted by Crippen LogP contribution is -2.16. The summed E-state index contributed by atoms with van der Waals surface area (Å²) in [5.74, 6) is -0.477. The fourth-order valence-corrected chi connectivity index (χ4v) is 1.35. The number of phenolic OH excluding ortho intramolecular Hbond substituents is 1. The predicted octanol–water partition coefficient (Wildman–Crippen LogP) is 1.42. The topological polar surface area (TPSA) is 94.7 Å². The molecule has 0 heterocycles. The molecule has 0 bridgehead atoms. The molecule has 0 spiro atoms. The highest BCUT2D eigenvalue weighted by Crippen LogP contribution is 2.32. The summed E-state index contributed by atoms with van der Waals surface area (Å²) in [6.45, 7) is 0. The lowest BCUT2D eigenvalue weighted by Gasteiger charge is -2.06. The molecule has 1 amide bonds. The Bertz CT molecular complexity index is 523. The summed E-state index contributed by atoms with van der Waals surface area (Å²) in [4.78, 5) is 10.9. The van der Waals surface area contributed by atoms with E-state index in [1.54, 1.807) is 6.07 Å². The molecule has 7 heteroatoms. The van der Waals surface area contributed by atoms with Crippen molar-refractivity contribution in [1.29, 1.82) is 5.26 Å². The van der Waals surface area contributed by atoms with E-state index in [9.17, 15) is 9.90 Å². The van der Waals surface area contributed by atoms with Gasteiger partial charge in [0.1, 0.15) is 6.42 Å². The first-order chi connectivity index (χ1) is 8.58. The maximum atomic E-state index is 10.9. The summed E-state index contributed by atoms with van der Waals surface area (Å²) in [6, 6.07) is 4.58. The summed E-state index contributed by atoms with van der Waals surface area (Å²) in [6.07, 6.45) is 0.918. The Kier molecular flexibility index (Phi) is 4.96. The average molecular weight is 268 g/mol. The number of hydrogen-bond acceptors (Lipinski definition) is 5. The highest BCUT2D eigenvalue weighted by atomic mass is 35.5. The Morgan fingerprint density at radius 2 is 2.44 bits per heavy atom. The van der Waals surface area contributed by atoms with Crippen molar-refractivity contribution in [2.24, 2.45) is 5.10 Å². The number of rotatable bonds is 4. The number of hydrazone groups is 1. The molecule has 18 heavy (non-hydrogen) atoms.